The minimum atomic E-state index is -5.17. The van der Waals surface area contributed by atoms with E-state index in [0.29, 0.717) is 15.9 Å². The fourth-order valence-corrected chi connectivity index (χ4v) is 3.50. The highest BCUT2D eigenvalue weighted by Crippen LogP contribution is 2.44. The highest BCUT2D eigenvalue weighted by atomic mass is 19.4. The number of nitrogens with one attached hydrogen (secondary N) is 1. The summed E-state index contributed by atoms with van der Waals surface area (Å²) in [5, 5.41) is 15.4. The van der Waals surface area contributed by atoms with Crippen LogP contribution in [0.2, 0.25) is 0 Å². The van der Waals surface area contributed by atoms with Gasteiger partial charge in [-0.2, -0.15) is 18.3 Å². The van der Waals surface area contributed by atoms with Crippen LogP contribution in [0, 0.1) is 5.82 Å². The number of carbonyl (C=O) groups excluding carboxylic acids is 1. The molecule has 7 nitrogen and oxygen atoms in total. The molecule has 0 radical (unpaired) electrons. The first kappa shape index (κ1) is 22.2. The molecule has 170 valence electrons. The zero-order valence-corrected chi connectivity index (χ0v) is 17.0. The van der Waals surface area contributed by atoms with Crippen molar-refractivity contribution >= 4 is 16.8 Å². The summed E-state index contributed by atoms with van der Waals surface area (Å²) in [5.74, 6) is -1.13. The SMILES string of the molecule is CC(=O)Nn1cc(C(O)(c2ccc3c(cnn3-c3ccc(F)cc3)c2)C(F)(F)F)ccc1=O. The summed E-state index contributed by atoms with van der Waals surface area (Å²) in [4.78, 5) is 23.2. The van der Waals surface area contributed by atoms with Gasteiger partial charge in [-0.05, 0) is 48.0 Å². The molecule has 0 bridgehead atoms. The van der Waals surface area contributed by atoms with Gasteiger partial charge in [0.25, 0.3) is 5.56 Å². The van der Waals surface area contributed by atoms with Gasteiger partial charge in [-0.25, -0.2) is 13.7 Å². The summed E-state index contributed by atoms with van der Waals surface area (Å²) < 4.78 is 57.8. The molecule has 1 atom stereocenters. The van der Waals surface area contributed by atoms with E-state index in [0.717, 1.165) is 37.4 Å². The number of carbonyl (C=O) groups is 1. The molecule has 1 unspecified atom stereocenters. The zero-order valence-electron chi connectivity index (χ0n) is 17.0. The number of pyridine rings is 1. The highest BCUT2D eigenvalue weighted by Gasteiger charge is 2.56. The highest BCUT2D eigenvalue weighted by molar-refractivity contribution is 5.82. The standard InChI is InChI=1S/C22H16F4N4O3/c1-13(31)28-29-12-16(3-9-20(29)32)21(33,22(24,25)26)15-2-8-19-14(10-15)11-27-30(19)18-6-4-17(23)5-7-18/h2-12,33H,1H3,(H,28,31). The molecule has 1 amide bonds. The van der Waals surface area contributed by atoms with Gasteiger partial charge in [0.2, 0.25) is 11.5 Å². The first-order valence-corrected chi connectivity index (χ1v) is 9.55. The summed E-state index contributed by atoms with van der Waals surface area (Å²) in [5.41, 5.74) is -2.46. The first-order chi connectivity index (χ1) is 15.5. The van der Waals surface area contributed by atoms with E-state index in [9.17, 15) is 32.3 Å². The van der Waals surface area contributed by atoms with Crippen molar-refractivity contribution in [3.05, 3.63) is 94.3 Å². The van der Waals surface area contributed by atoms with E-state index in [-0.39, 0.29) is 5.39 Å². The first-order valence-electron chi connectivity index (χ1n) is 9.55. The summed E-state index contributed by atoms with van der Waals surface area (Å²) in [6.07, 6.45) is -3.13. The quantitative estimate of drug-likeness (QED) is 0.458. The average molecular weight is 460 g/mol. The smallest absolute Gasteiger partial charge is 0.372 e. The van der Waals surface area contributed by atoms with Gasteiger partial charge in [0.1, 0.15) is 5.82 Å². The largest absolute Gasteiger partial charge is 0.425 e. The second-order valence-corrected chi connectivity index (χ2v) is 7.31. The van der Waals surface area contributed by atoms with Crippen molar-refractivity contribution in [3.63, 3.8) is 0 Å². The van der Waals surface area contributed by atoms with Gasteiger partial charge in [0.15, 0.2) is 0 Å². The Bertz CT molecular complexity index is 1410. The fourth-order valence-electron chi connectivity index (χ4n) is 3.50. The normalized spacial score (nSPS) is 13.6. The number of rotatable bonds is 4. The molecule has 4 aromatic rings. The summed E-state index contributed by atoms with van der Waals surface area (Å²) in [6.45, 7) is 1.09. The lowest BCUT2D eigenvalue weighted by Crippen LogP contribution is -2.44. The van der Waals surface area contributed by atoms with Gasteiger partial charge in [-0.3, -0.25) is 15.0 Å². The van der Waals surface area contributed by atoms with Crippen LogP contribution >= 0.6 is 0 Å². The molecule has 2 aromatic heterocycles. The number of aliphatic hydroxyl groups is 1. The Morgan fingerprint density at radius 2 is 1.70 bits per heavy atom. The molecule has 0 aliphatic heterocycles. The summed E-state index contributed by atoms with van der Waals surface area (Å²) in [6, 6.07) is 10.6. The molecule has 33 heavy (non-hydrogen) atoms. The Labute approximate surface area is 183 Å². The fraction of sp³-hybridized carbons (Fsp3) is 0.136. The van der Waals surface area contributed by atoms with E-state index in [1.165, 1.54) is 41.2 Å². The van der Waals surface area contributed by atoms with E-state index < -0.39 is 40.2 Å². The number of nitrogens with zero attached hydrogens (tertiary/aromatic N) is 3. The van der Waals surface area contributed by atoms with E-state index in [1.54, 1.807) is 0 Å². The van der Waals surface area contributed by atoms with Crippen molar-refractivity contribution in [1.29, 1.82) is 0 Å². The molecular weight excluding hydrogens is 444 g/mol. The second-order valence-electron chi connectivity index (χ2n) is 7.31. The van der Waals surface area contributed by atoms with Crippen molar-refractivity contribution in [2.24, 2.45) is 0 Å². The number of amides is 1. The van der Waals surface area contributed by atoms with Gasteiger partial charge < -0.3 is 5.11 Å². The van der Waals surface area contributed by atoms with Gasteiger partial charge in [-0.15, -0.1) is 0 Å². The number of hydrogen-bond donors (Lipinski definition) is 2. The van der Waals surface area contributed by atoms with Gasteiger partial charge in [0.05, 0.1) is 17.4 Å². The topological polar surface area (TPSA) is 89.2 Å². The van der Waals surface area contributed by atoms with E-state index in [4.69, 9.17) is 0 Å². The van der Waals surface area contributed by atoms with Crippen LogP contribution in [0.5, 0.6) is 0 Å². The monoisotopic (exact) mass is 460 g/mol. The van der Waals surface area contributed by atoms with Gasteiger partial charge >= 0.3 is 6.18 Å². The van der Waals surface area contributed by atoms with Crippen LogP contribution in [-0.2, 0) is 10.4 Å². The second kappa shape index (κ2) is 7.85. The molecule has 0 saturated heterocycles. The van der Waals surface area contributed by atoms with Crippen LogP contribution in [0.15, 0.2) is 71.8 Å². The van der Waals surface area contributed by atoms with Crippen LogP contribution in [-0.4, -0.2) is 31.6 Å². The van der Waals surface area contributed by atoms with Crippen molar-refractivity contribution < 1.29 is 27.5 Å². The molecule has 11 heteroatoms. The Hall–Kier alpha value is -3.99. The number of fused-ring (bicyclic) bond motifs is 1. The summed E-state index contributed by atoms with van der Waals surface area (Å²) >= 11 is 0. The predicted molar refractivity (Wildman–Crippen MR) is 111 cm³/mol. The Morgan fingerprint density at radius 1 is 1.03 bits per heavy atom. The van der Waals surface area contributed by atoms with E-state index >= 15 is 0 Å². The molecule has 4 rings (SSSR count). The Balaban J connectivity index is 1.86. The van der Waals surface area contributed by atoms with Crippen LogP contribution in [0.25, 0.3) is 16.6 Å². The molecule has 0 fully saturated rings. The third-order valence-corrected chi connectivity index (χ3v) is 5.07. The number of halogens is 4. The van der Waals surface area contributed by atoms with Crippen LogP contribution in [0.4, 0.5) is 17.6 Å². The van der Waals surface area contributed by atoms with E-state index in [1.807, 2.05) is 0 Å². The maximum absolute atomic E-state index is 14.2. The predicted octanol–water partition coefficient (Wildman–Crippen LogP) is 3.21. The van der Waals surface area contributed by atoms with Crippen molar-refractivity contribution in [3.8, 4) is 5.69 Å². The minimum Gasteiger partial charge on any atom is -0.372 e. The molecule has 2 N–H and O–H groups in total. The molecular formula is C22H16F4N4O3. The number of aromatic nitrogens is 3. The molecule has 0 spiro atoms. The third kappa shape index (κ3) is 3.87. The molecule has 2 aromatic carbocycles. The zero-order chi connectivity index (χ0) is 24.0. The lowest BCUT2D eigenvalue weighted by atomic mass is 9.86. The average Bonchev–Trinajstić information content (AvgIpc) is 3.17. The van der Waals surface area contributed by atoms with E-state index in [2.05, 4.69) is 10.5 Å². The van der Waals surface area contributed by atoms with Crippen molar-refractivity contribution in [2.45, 2.75) is 18.7 Å². The third-order valence-electron chi connectivity index (χ3n) is 5.07. The molecule has 0 aliphatic carbocycles. The maximum atomic E-state index is 14.2. The van der Waals surface area contributed by atoms with Crippen molar-refractivity contribution in [2.75, 3.05) is 5.43 Å². The minimum absolute atomic E-state index is 0.287. The molecule has 0 saturated carbocycles. The lowest BCUT2D eigenvalue weighted by molar-refractivity contribution is -0.248. The van der Waals surface area contributed by atoms with Gasteiger partial charge in [0, 0.05) is 30.1 Å². The van der Waals surface area contributed by atoms with Crippen LogP contribution in [0.1, 0.15) is 18.1 Å². The number of benzene rings is 2. The number of hydrogen-bond acceptors (Lipinski definition) is 4. The molecule has 2 heterocycles. The van der Waals surface area contributed by atoms with Gasteiger partial charge in [-0.1, -0.05) is 6.07 Å². The number of alkyl halides is 3. The Morgan fingerprint density at radius 3 is 2.33 bits per heavy atom. The summed E-state index contributed by atoms with van der Waals surface area (Å²) in [7, 11) is 0. The van der Waals surface area contributed by atoms with Crippen LogP contribution in [0.3, 0.4) is 0 Å². The molecule has 0 aliphatic rings. The van der Waals surface area contributed by atoms with Crippen LogP contribution < -0.4 is 11.0 Å². The lowest BCUT2D eigenvalue weighted by Gasteiger charge is -2.31. The van der Waals surface area contributed by atoms with Crippen molar-refractivity contribution in [1.82, 2.24) is 14.5 Å². The Kier molecular flexibility index (Phi) is 5.29. The maximum Gasteiger partial charge on any atom is 0.425 e.